The van der Waals surface area contributed by atoms with E-state index in [9.17, 15) is 8.42 Å². The molecule has 6 aromatic carbocycles. The van der Waals surface area contributed by atoms with Crippen molar-refractivity contribution in [2.75, 3.05) is 4.90 Å². The van der Waals surface area contributed by atoms with Gasteiger partial charge in [0.2, 0.25) is 12.0 Å². The highest BCUT2D eigenvalue weighted by molar-refractivity contribution is 7.86. The summed E-state index contributed by atoms with van der Waals surface area (Å²) in [5.41, 5.74) is 7.42. The first kappa shape index (κ1) is 34.7. The molecule has 0 saturated heterocycles. The minimum absolute atomic E-state index is 0.0231. The summed E-state index contributed by atoms with van der Waals surface area (Å²) in [5, 5.41) is 1.55. The molecule has 0 fully saturated rings. The topological polar surface area (TPSA) is 77.3 Å². The first-order chi connectivity index (χ1) is 26.7. The third kappa shape index (κ3) is 5.89. The van der Waals surface area contributed by atoms with E-state index >= 15 is 0 Å². The van der Waals surface area contributed by atoms with Crippen LogP contribution in [0.3, 0.4) is 0 Å². The van der Waals surface area contributed by atoms with Crippen LogP contribution in [0.2, 0.25) is 5.02 Å². The number of fused-ring (bicyclic) bond motifs is 3. The molecule has 3 heterocycles. The second kappa shape index (κ2) is 13.6. The number of quaternary nitrogens is 1. The Hall–Kier alpha value is -6.10. The minimum Gasteiger partial charge on any atom is -0.343 e. The molecular formula is C45H35ClN5O3S+. The van der Waals surface area contributed by atoms with E-state index in [1.807, 2.05) is 109 Å². The zero-order chi connectivity index (χ0) is 37.7. The average Bonchev–Trinajstić information content (AvgIpc) is 3.64. The van der Waals surface area contributed by atoms with Gasteiger partial charge in [-0.05, 0) is 67.1 Å². The second-order valence-electron chi connectivity index (χ2n) is 13.5. The monoisotopic (exact) mass is 760 g/mol. The Kier molecular flexibility index (Phi) is 8.59. The van der Waals surface area contributed by atoms with Crippen LogP contribution in [-0.4, -0.2) is 29.1 Å². The van der Waals surface area contributed by atoms with Crippen molar-refractivity contribution in [1.29, 1.82) is 0 Å². The van der Waals surface area contributed by atoms with Gasteiger partial charge in [-0.25, -0.2) is 4.98 Å². The Morgan fingerprint density at radius 3 is 2.13 bits per heavy atom. The van der Waals surface area contributed by atoms with E-state index in [1.165, 1.54) is 0 Å². The van der Waals surface area contributed by atoms with Crippen LogP contribution < -0.4 is 9.55 Å². The molecule has 0 radical (unpaired) electrons. The smallest absolute Gasteiger partial charge is 0.343 e. The predicted molar refractivity (Wildman–Crippen MR) is 222 cm³/mol. The SMILES string of the molecule is Cc1ccc(S(=O)(=O)O[N+]2(c3ccccc3)c3nc4ccc(Cl)cc4nc3N(c3ccccc3)C2C=Cc2c(-c3ccccc3)n(C)c3ccccc23)cc1. The number of halogens is 1. The number of para-hydroxylation sites is 3. The van der Waals surface area contributed by atoms with Gasteiger partial charge in [-0.3, -0.25) is 4.90 Å². The van der Waals surface area contributed by atoms with Crippen LogP contribution in [0, 0.1) is 6.92 Å². The number of hydrogen-bond acceptors (Lipinski definition) is 6. The van der Waals surface area contributed by atoms with E-state index in [0.29, 0.717) is 33.4 Å². The van der Waals surface area contributed by atoms with Crippen LogP contribution in [0.4, 0.5) is 23.0 Å². The van der Waals surface area contributed by atoms with Gasteiger partial charge in [0.05, 0.1) is 21.6 Å². The third-order valence-corrected chi connectivity index (χ3v) is 11.6. The van der Waals surface area contributed by atoms with Gasteiger partial charge in [0.15, 0.2) is 5.69 Å². The van der Waals surface area contributed by atoms with Crippen LogP contribution >= 0.6 is 11.6 Å². The van der Waals surface area contributed by atoms with Gasteiger partial charge in [0, 0.05) is 52.4 Å². The van der Waals surface area contributed by atoms with E-state index in [4.69, 9.17) is 25.9 Å². The largest absolute Gasteiger partial charge is 0.344 e. The lowest BCUT2D eigenvalue weighted by atomic mass is 10.0. The Balaban J connectivity index is 1.37. The van der Waals surface area contributed by atoms with Gasteiger partial charge in [-0.1, -0.05) is 123 Å². The first-order valence-corrected chi connectivity index (χ1v) is 19.6. The van der Waals surface area contributed by atoms with E-state index in [1.54, 1.807) is 42.5 Å². The molecular weight excluding hydrogens is 726 g/mol. The van der Waals surface area contributed by atoms with Crippen LogP contribution in [-0.2, 0) is 21.4 Å². The van der Waals surface area contributed by atoms with E-state index in [2.05, 4.69) is 42.0 Å². The molecule has 2 atom stereocenters. The molecule has 1 aliphatic rings. The van der Waals surface area contributed by atoms with Crippen molar-refractivity contribution in [3.8, 4) is 11.3 Å². The standard InChI is InChI=1S/C45H35ClN5O3S/c1-31-22-25-36(26-23-31)55(52,53)54-51(35-18-10-5-11-19-35)42(29-27-38-37-20-12-13-21-41(37)49(2)43(38)32-14-6-3-7-15-32)50(34-16-8-4-9-17-34)44-45(51)48-39-28-24-33(46)30-40(39)47-44/h3-30,42H,1-2H3/q+1. The summed E-state index contributed by atoms with van der Waals surface area (Å²) in [5.74, 6) is 0.733. The highest BCUT2D eigenvalue weighted by Gasteiger charge is 2.60. The Morgan fingerprint density at radius 2 is 1.40 bits per heavy atom. The van der Waals surface area contributed by atoms with Crippen molar-refractivity contribution in [3.63, 3.8) is 0 Å². The van der Waals surface area contributed by atoms with Crippen molar-refractivity contribution in [2.45, 2.75) is 18.0 Å². The van der Waals surface area contributed by atoms with Crippen LogP contribution in [0.15, 0.2) is 169 Å². The number of hydroxylamine groups is 1. The van der Waals surface area contributed by atoms with E-state index in [0.717, 1.165) is 39.0 Å². The lowest BCUT2D eigenvalue weighted by Gasteiger charge is -2.34. The number of rotatable bonds is 8. The van der Waals surface area contributed by atoms with Gasteiger partial charge in [-0.15, -0.1) is 0 Å². The van der Waals surface area contributed by atoms with Crippen molar-refractivity contribution in [2.24, 2.45) is 7.05 Å². The third-order valence-electron chi connectivity index (χ3n) is 10.1. The van der Waals surface area contributed by atoms with Crippen molar-refractivity contribution in [1.82, 2.24) is 19.2 Å². The fourth-order valence-electron chi connectivity index (χ4n) is 7.55. The highest BCUT2D eigenvalue weighted by Crippen LogP contribution is 2.54. The number of anilines is 2. The van der Waals surface area contributed by atoms with E-state index in [-0.39, 0.29) is 4.90 Å². The maximum absolute atomic E-state index is 14.7. The molecule has 0 amide bonds. The van der Waals surface area contributed by atoms with Crippen molar-refractivity contribution in [3.05, 3.63) is 180 Å². The van der Waals surface area contributed by atoms with Gasteiger partial charge in [-0.2, -0.15) is 13.4 Å². The molecule has 9 rings (SSSR count). The number of benzene rings is 6. The highest BCUT2D eigenvalue weighted by atomic mass is 35.5. The Labute approximate surface area is 324 Å². The lowest BCUT2D eigenvalue weighted by molar-refractivity contribution is 0.00123. The maximum Gasteiger partial charge on any atom is 0.344 e. The molecule has 0 N–H and O–H groups in total. The predicted octanol–water partition coefficient (Wildman–Crippen LogP) is 10.9. The molecule has 2 unspecified atom stereocenters. The molecule has 0 aliphatic carbocycles. The summed E-state index contributed by atoms with van der Waals surface area (Å²) in [4.78, 5) is 12.4. The summed E-state index contributed by atoms with van der Waals surface area (Å²) in [7, 11) is -2.39. The van der Waals surface area contributed by atoms with Gasteiger partial charge < -0.3 is 4.57 Å². The zero-order valence-electron chi connectivity index (χ0n) is 30.0. The fraction of sp³-hybridized carbons (Fsp3) is 0.0667. The number of aryl methyl sites for hydroxylation is 2. The maximum atomic E-state index is 14.7. The molecule has 0 saturated carbocycles. The lowest BCUT2D eigenvalue weighted by Crippen LogP contribution is -2.55. The van der Waals surface area contributed by atoms with Gasteiger partial charge in [0.1, 0.15) is 0 Å². The normalized spacial score (nSPS) is 17.0. The van der Waals surface area contributed by atoms with Crippen LogP contribution in [0.5, 0.6) is 0 Å². The molecule has 270 valence electrons. The van der Waals surface area contributed by atoms with Crippen molar-refractivity contribution < 1.29 is 12.7 Å². The molecule has 0 spiro atoms. The summed E-state index contributed by atoms with van der Waals surface area (Å²) in [6, 6.07) is 49.6. The average molecular weight is 761 g/mol. The van der Waals surface area contributed by atoms with Gasteiger partial charge in [0.25, 0.3) is 0 Å². The summed E-state index contributed by atoms with van der Waals surface area (Å²) in [6.45, 7) is 1.91. The molecule has 8 nitrogen and oxygen atoms in total. The van der Waals surface area contributed by atoms with E-state index < -0.39 is 20.9 Å². The Bertz CT molecular complexity index is 2850. The number of nitrogens with zero attached hydrogens (tertiary/aromatic N) is 5. The first-order valence-electron chi connectivity index (χ1n) is 17.8. The molecule has 2 aromatic heterocycles. The number of aromatic nitrogens is 3. The molecule has 55 heavy (non-hydrogen) atoms. The molecule has 0 bridgehead atoms. The number of hydrogen-bond donors (Lipinski definition) is 0. The zero-order valence-corrected chi connectivity index (χ0v) is 31.6. The summed E-state index contributed by atoms with van der Waals surface area (Å²) in [6.07, 6.45) is 3.21. The minimum atomic E-state index is -4.45. The fourth-order valence-corrected chi connectivity index (χ4v) is 8.82. The van der Waals surface area contributed by atoms with Crippen LogP contribution in [0.25, 0.3) is 39.3 Å². The summed E-state index contributed by atoms with van der Waals surface area (Å²) >= 11 is 6.50. The molecule has 10 heteroatoms. The Morgan fingerprint density at radius 1 is 0.745 bits per heavy atom. The second-order valence-corrected chi connectivity index (χ2v) is 15.5. The molecule has 8 aromatic rings. The summed E-state index contributed by atoms with van der Waals surface area (Å²) < 4.78 is 37.7. The quantitative estimate of drug-likeness (QED) is 0.144. The van der Waals surface area contributed by atoms with Gasteiger partial charge >= 0.3 is 15.9 Å². The molecule has 1 aliphatic heterocycles. The van der Waals surface area contributed by atoms with Crippen molar-refractivity contribution >= 4 is 72.7 Å². The van der Waals surface area contributed by atoms with Crippen LogP contribution in [0.1, 0.15) is 11.1 Å².